The molecule has 0 radical (unpaired) electrons. The van der Waals surface area contributed by atoms with E-state index in [2.05, 4.69) is 4.90 Å². The summed E-state index contributed by atoms with van der Waals surface area (Å²) in [6, 6.07) is 17.2. The predicted molar refractivity (Wildman–Crippen MR) is 165 cm³/mol. The SMILES string of the molecule is COc1cc(CN2CCN(C(=O)CCCCCCCC(c3ccc(F)cc3)c3ccc(F)cc3)CC2)cc(OC)c1OC. The van der Waals surface area contributed by atoms with Gasteiger partial charge in [-0.3, -0.25) is 9.69 Å². The average Bonchev–Trinajstić information content (AvgIpc) is 3.03. The van der Waals surface area contributed by atoms with E-state index in [9.17, 15) is 13.6 Å². The number of amides is 1. The molecule has 3 aromatic carbocycles. The summed E-state index contributed by atoms with van der Waals surface area (Å²) >= 11 is 0. The van der Waals surface area contributed by atoms with Crippen LogP contribution in [0.15, 0.2) is 60.7 Å². The van der Waals surface area contributed by atoms with Crippen LogP contribution in [-0.2, 0) is 11.3 Å². The minimum atomic E-state index is -0.256. The van der Waals surface area contributed by atoms with Gasteiger partial charge in [0.25, 0.3) is 0 Å². The van der Waals surface area contributed by atoms with E-state index in [-0.39, 0.29) is 23.5 Å². The van der Waals surface area contributed by atoms with Crippen LogP contribution in [0.25, 0.3) is 0 Å². The van der Waals surface area contributed by atoms with Crippen LogP contribution in [0.3, 0.4) is 0 Å². The second-order valence-electron chi connectivity index (χ2n) is 11.2. The van der Waals surface area contributed by atoms with Crippen molar-refractivity contribution in [3.63, 3.8) is 0 Å². The highest BCUT2D eigenvalue weighted by Crippen LogP contribution is 2.38. The molecule has 1 fully saturated rings. The molecule has 0 saturated carbocycles. The fourth-order valence-corrected chi connectivity index (χ4v) is 5.87. The third-order valence-electron chi connectivity index (χ3n) is 8.28. The number of hydrogen-bond donors (Lipinski definition) is 0. The van der Waals surface area contributed by atoms with Gasteiger partial charge in [0, 0.05) is 45.1 Å². The van der Waals surface area contributed by atoms with Crippen LogP contribution in [0.2, 0.25) is 0 Å². The Morgan fingerprint density at radius 2 is 1.23 bits per heavy atom. The molecule has 6 nitrogen and oxygen atoms in total. The minimum absolute atomic E-state index is 0.107. The molecule has 232 valence electrons. The number of nitrogens with zero attached hydrogens (tertiary/aromatic N) is 2. The van der Waals surface area contributed by atoms with Crippen LogP contribution < -0.4 is 14.2 Å². The van der Waals surface area contributed by atoms with Crippen molar-refractivity contribution in [2.45, 2.75) is 57.4 Å². The summed E-state index contributed by atoms with van der Waals surface area (Å²) in [5.74, 6) is 1.71. The fourth-order valence-electron chi connectivity index (χ4n) is 5.87. The van der Waals surface area contributed by atoms with Gasteiger partial charge in [-0.25, -0.2) is 8.78 Å². The molecule has 0 unspecified atom stereocenters. The van der Waals surface area contributed by atoms with Gasteiger partial charge in [0.05, 0.1) is 21.3 Å². The molecule has 43 heavy (non-hydrogen) atoms. The Morgan fingerprint density at radius 1 is 0.721 bits per heavy atom. The highest BCUT2D eigenvalue weighted by atomic mass is 19.1. The summed E-state index contributed by atoms with van der Waals surface area (Å²) in [6.45, 7) is 3.87. The summed E-state index contributed by atoms with van der Waals surface area (Å²) in [6.07, 6.45) is 6.55. The number of benzene rings is 3. The van der Waals surface area contributed by atoms with Crippen molar-refractivity contribution in [2.75, 3.05) is 47.5 Å². The summed E-state index contributed by atoms with van der Waals surface area (Å²) in [7, 11) is 4.83. The predicted octanol–water partition coefficient (Wildman–Crippen LogP) is 7.20. The van der Waals surface area contributed by atoms with E-state index in [0.717, 1.165) is 87.9 Å². The quantitative estimate of drug-likeness (QED) is 0.174. The van der Waals surface area contributed by atoms with E-state index in [1.807, 2.05) is 41.3 Å². The number of methoxy groups -OCH3 is 3. The van der Waals surface area contributed by atoms with Gasteiger partial charge in [-0.15, -0.1) is 0 Å². The monoisotopic (exact) mass is 594 g/mol. The van der Waals surface area contributed by atoms with Crippen LogP contribution in [-0.4, -0.2) is 63.2 Å². The Balaban J connectivity index is 1.15. The van der Waals surface area contributed by atoms with Crippen molar-refractivity contribution in [1.82, 2.24) is 9.80 Å². The Morgan fingerprint density at radius 3 is 1.74 bits per heavy atom. The molecule has 1 heterocycles. The van der Waals surface area contributed by atoms with Crippen molar-refractivity contribution < 1.29 is 27.8 Å². The molecule has 0 aliphatic carbocycles. The van der Waals surface area contributed by atoms with Gasteiger partial charge in [-0.1, -0.05) is 49.9 Å². The topological polar surface area (TPSA) is 51.2 Å². The molecule has 3 aromatic rings. The number of unbranched alkanes of at least 4 members (excludes halogenated alkanes) is 4. The number of carbonyl (C=O) groups excluding carboxylic acids is 1. The lowest BCUT2D eigenvalue weighted by molar-refractivity contribution is -0.133. The summed E-state index contributed by atoms with van der Waals surface area (Å²) in [5, 5.41) is 0. The number of ether oxygens (including phenoxy) is 3. The second kappa shape index (κ2) is 16.3. The molecule has 0 atom stereocenters. The molecular weight excluding hydrogens is 550 g/mol. The molecular formula is C35H44F2N2O4. The van der Waals surface area contributed by atoms with Crippen LogP contribution in [0, 0.1) is 11.6 Å². The van der Waals surface area contributed by atoms with Crippen molar-refractivity contribution in [1.29, 1.82) is 0 Å². The normalized spacial score (nSPS) is 13.8. The molecule has 1 amide bonds. The van der Waals surface area contributed by atoms with Gasteiger partial charge >= 0.3 is 0 Å². The molecule has 0 bridgehead atoms. The minimum Gasteiger partial charge on any atom is -0.493 e. The third-order valence-corrected chi connectivity index (χ3v) is 8.28. The van der Waals surface area contributed by atoms with Crippen molar-refractivity contribution in [3.05, 3.63) is 89.0 Å². The standard InChI is InChI=1S/C35H44F2N2O4/c1-41-32-23-26(24-33(42-2)35(32)43-3)25-38-19-21-39(22-20-38)34(40)10-8-6-4-5-7-9-31(27-11-15-29(36)16-12-27)28-13-17-30(37)18-14-28/h11-18,23-24,31H,4-10,19-22,25H2,1-3H3. The van der Waals surface area contributed by atoms with Crippen molar-refractivity contribution >= 4 is 5.91 Å². The largest absolute Gasteiger partial charge is 0.493 e. The van der Waals surface area contributed by atoms with Gasteiger partial charge in [-0.05, 0) is 65.9 Å². The van der Waals surface area contributed by atoms with Gasteiger partial charge in [0.15, 0.2) is 11.5 Å². The number of carbonyl (C=O) groups is 1. The fraction of sp³-hybridized carbons (Fsp3) is 0.457. The molecule has 0 spiro atoms. The number of halogens is 2. The maximum atomic E-state index is 13.5. The first kappa shape index (κ1) is 32.3. The molecule has 0 N–H and O–H groups in total. The van der Waals surface area contributed by atoms with E-state index in [0.29, 0.717) is 23.7 Å². The molecule has 1 aliphatic heterocycles. The van der Waals surface area contributed by atoms with Crippen LogP contribution in [0.5, 0.6) is 17.2 Å². The smallest absolute Gasteiger partial charge is 0.222 e. The van der Waals surface area contributed by atoms with Crippen molar-refractivity contribution in [3.8, 4) is 17.2 Å². The Kier molecular flexibility index (Phi) is 12.2. The Bertz CT molecular complexity index is 1220. The lowest BCUT2D eigenvalue weighted by Gasteiger charge is -2.35. The number of rotatable bonds is 15. The maximum Gasteiger partial charge on any atom is 0.222 e. The van der Waals surface area contributed by atoms with Crippen molar-refractivity contribution in [2.24, 2.45) is 0 Å². The first-order chi connectivity index (χ1) is 20.9. The van der Waals surface area contributed by atoms with Gasteiger partial charge in [-0.2, -0.15) is 0 Å². The lowest BCUT2D eigenvalue weighted by atomic mass is 9.86. The zero-order chi connectivity index (χ0) is 30.6. The highest BCUT2D eigenvalue weighted by molar-refractivity contribution is 5.76. The molecule has 1 aliphatic rings. The summed E-state index contributed by atoms with van der Waals surface area (Å²) in [5.41, 5.74) is 3.17. The zero-order valence-corrected chi connectivity index (χ0v) is 25.6. The molecule has 4 rings (SSSR count). The van der Waals surface area contributed by atoms with Crippen LogP contribution in [0.4, 0.5) is 8.78 Å². The summed E-state index contributed by atoms with van der Waals surface area (Å²) < 4.78 is 43.3. The van der Waals surface area contributed by atoms with Gasteiger partial charge < -0.3 is 19.1 Å². The maximum absolute atomic E-state index is 13.5. The molecule has 1 saturated heterocycles. The molecule has 0 aromatic heterocycles. The second-order valence-corrected chi connectivity index (χ2v) is 11.2. The highest BCUT2D eigenvalue weighted by Gasteiger charge is 2.22. The van der Waals surface area contributed by atoms with E-state index in [1.54, 1.807) is 21.3 Å². The Labute approximate surface area is 254 Å². The number of piperazine rings is 1. The van der Waals surface area contributed by atoms with Gasteiger partial charge in [0.2, 0.25) is 11.7 Å². The molecule has 8 heteroatoms. The Hall–Kier alpha value is -3.65. The first-order valence-corrected chi connectivity index (χ1v) is 15.2. The van der Waals surface area contributed by atoms with E-state index < -0.39 is 0 Å². The van der Waals surface area contributed by atoms with Crippen LogP contribution >= 0.6 is 0 Å². The first-order valence-electron chi connectivity index (χ1n) is 15.2. The third kappa shape index (κ3) is 9.17. The van der Waals surface area contributed by atoms with Gasteiger partial charge in [0.1, 0.15) is 11.6 Å². The lowest BCUT2D eigenvalue weighted by Crippen LogP contribution is -2.48. The van der Waals surface area contributed by atoms with E-state index in [1.165, 1.54) is 24.3 Å². The number of hydrogen-bond acceptors (Lipinski definition) is 5. The summed E-state index contributed by atoms with van der Waals surface area (Å²) in [4.78, 5) is 17.2. The zero-order valence-electron chi connectivity index (χ0n) is 25.6. The van der Waals surface area contributed by atoms with Crippen LogP contribution in [0.1, 0.15) is 67.6 Å². The van der Waals surface area contributed by atoms with E-state index in [4.69, 9.17) is 14.2 Å². The van der Waals surface area contributed by atoms with E-state index >= 15 is 0 Å². The average molecular weight is 595 g/mol.